The Bertz CT molecular complexity index is 845. The minimum atomic E-state index is -1.13. The van der Waals surface area contributed by atoms with Gasteiger partial charge in [0.25, 0.3) is 0 Å². The molecule has 172 valence electrons. The topological polar surface area (TPSA) is 135 Å². The van der Waals surface area contributed by atoms with Crippen molar-refractivity contribution in [3.63, 3.8) is 0 Å². The number of thiazole rings is 1. The van der Waals surface area contributed by atoms with Gasteiger partial charge in [-0.15, -0.1) is 23.1 Å². The number of β-lactam (4-membered cyclic amide) rings is 1. The average molecular weight is 507 g/mol. The Balaban J connectivity index is 1.46. The average Bonchev–Trinajstić information content (AvgIpc) is 3.12. The number of rotatable bonds is 8. The standard InChI is InChI=1S/C18H26N4O5S4/c1-17(2,3)27-15(26)20-4-5-28-6-10-7-29-16(21-10)31-18(14(24)25)8-22-12(23)11(19)13(22)30-9-18/h7,11,13H,4-6,8-9,19H2,1-3H3,(H,20,26)(H,24,25)/t11-,13-,18?/m1/s1. The van der Waals surface area contributed by atoms with Crippen LogP contribution in [0, 0.1) is 0 Å². The highest BCUT2D eigenvalue weighted by atomic mass is 32.2. The van der Waals surface area contributed by atoms with Crippen molar-refractivity contribution in [2.24, 2.45) is 5.73 Å². The highest BCUT2D eigenvalue weighted by molar-refractivity contribution is 8.06. The summed E-state index contributed by atoms with van der Waals surface area (Å²) in [5.74, 6) is 0.586. The SMILES string of the molecule is CC(C)(C)OC(=O)NCCSCc1csc(SC2(C(=O)O)CS[C@@H]3[C@H](N)C(=O)N3C2)n1. The van der Waals surface area contributed by atoms with Gasteiger partial charge in [0.1, 0.15) is 21.8 Å². The molecule has 4 N–H and O–H groups in total. The van der Waals surface area contributed by atoms with E-state index in [-0.39, 0.29) is 17.8 Å². The van der Waals surface area contributed by atoms with Gasteiger partial charge in [0.2, 0.25) is 5.91 Å². The molecule has 3 rings (SSSR count). The molecule has 9 nitrogen and oxygen atoms in total. The molecule has 0 saturated carbocycles. The number of nitrogens with two attached hydrogens (primary N) is 1. The summed E-state index contributed by atoms with van der Waals surface area (Å²) in [5.41, 5.74) is 6.14. The molecule has 0 bridgehead atoms. The first kappa shape index (κ1) is 24.5. The lowest BCUT2D eigenvalue weighted by Crippen LogP contribution is -2.73. The molecule has 31 heavy (non-hydrogen) atoms. The van der Waals surface area contributed by atoms with Gasteiger partial charge in [-0.2, -0.15) is 11.8 Å². The molecule has 3 heterocycles. The van der Waals surface area contributed by atoms with E-state index in [1.165, 1.54) is 34.9 Å². The van der Waals surface area contributed by atoms with Crippen molar-refractivity contribution in [3.8, 4) is 0 Å². The van der Waals surface area contributed by atoms with Crippen LogP contribution < -0.4 is 11.1 Å². The third-order valence-electron chi connectivity index (χ3n) is 4.46. The molecule has 2 saturated heterocycles. The minimum absolute atomic E-state index is 0.127. The van der Waals surface area contributed by atoms with E-state index in [2.05, 4.69) is 10.3 Å². The number of fused-ring (bicyclic) bond motifs is 1. The number of ether oxygens (including phenoxy) is 1. The second-order valence-corrected chi connectivity index (χ2v) is 12.9. The van der Waals surface area contributed by atoms with Crippen LogP contribution in [0.1, 0.15) is 26.5 Å². The van der Waals surface area contributed by atoms with Crippen LogP contribution in [0.25, 0.3) is 0 Å². The molecule has 2 amide bonds. The molecule has 1 aromatic heterocycles. The first-order valence-corrected chi connectivity index (χ1v) is 13.5. The summed E-state index contributed by atoms with van der Waals surface area (Å²) in [6, 6.07) is -0.532. The van der Waals surface area contributed by atoms with Crippen LogP contribution >= 0.6 is 46.6 Å². The van der Waals surface area contributed by atoms with Crippen molar-refractivity contribution >= 4 is 64.6 Å². The summed E-state index contributed by atoms with van der Waals surface area (Å²) in [4.78, 5) is 41.8. The number of carbonyl (C=O) groups excluding carboxylic acids is 2. The van der Waals surface area contributed by atoms with Gasteiger partial charge in [-0.05, 0) is 20.8 Å². The zero-order chi connectivity index (χ0) is 22.8. The van der Waals surface area contributed by atoms with E-state index in [0.29, 0.717) is 28.1 Å². The highest BCUT2D eigenvalue weighted by Gasteiger charge is 2.56. The van der Waals surface area contributed by atoms with E-state index >= 15 is 0 Å². The smallest absolute Gasteiger partial charge is 0.407 e. The lowest BCUT2D eigenvalue weighted by atomic mass is 10.0. The summed E-state index contributed by atoms with van der Waals surface area (Å²) < 4.78 is 4.72. The number of nitrogens with one attached hydrogen (secondary N) is 1. The lowest BCUT2D eigenvalue weighted by molar-refractivity contribution is -0.148. The normalized spacial score (nSPS) is 25.5. The van der Waals surface area contributed by atoms with Crippen LogP contribution in [0.5, 0.6) is 0 Å². The zero-order valence-corrected chi connectivity index (χ0v) is 20.7. The third-order valence-corrected chi connectivity index (χ3v) is 9.51. The number of hydrogen-bond donors (Lipinski definition) is 3. The highest BCUT2D eigenvalue weighted by Crippen LogP contribution is 2.46. The summed E-state index contributed by atoms with van der Waals surface area (Å²) in [5, 5.41) is 14.4. The summed E-state index contributed by atoms with van der Waals surface area (Å²) in [6.45, 7) is 6.06. The Labute approximate surface area is 197 Å². The van der Waals surface area contributed by atoms with E-state index in [1.807, 2.05) is 26.2 Å². The molecular weight excluding hydrogens is 480 g/mol. The van der Waals surface area contributed by atoms with Crippen molar-refractivity contribution in [3.05, 3.63) is 11.1 Å². The van der Waals surface area contributed by atoms with Crippen LogP contribution in [0.4, 0.5) is 4.79 Å². The maximum atomic E-state index is 12.1. The molecule has 0 radical (unpaired) electrons. The Morgan fingerprint density at radius 2 is 2.23 bits per heavy atom. The first-order valence-electron chi connectivity index (χ1n) is 9.60. The summed E-state index contributed by atoms with van der Waals surface area (Å²) in [6.07, 6.45) is -0.436. The predicted octanol–water partition coefficient (Wildman–Crippen LogP) is 2.06. The van der Waals surface area contributed by atoms with Gasteiger partial charge in [-0.25, -0.2) is 9.78 Å². The van der Waals surface area contributed by atoms with Gasteiger partial charge in [-0.3, -0.25) is 9.59 Å². The minimum Gasteiger partial charge on any atom is -0.480 e. The summed E-state index contributed by atoms with van der Waals surface area (Å²) >= 11 is 5.65. The molecule has 2 aliphatic rings. The van der Waals surface area contributed by atoms with Crippen LogP contribution in [0.3, 0.4) is 0 Å². The molecular formula is C18H26N4O5S4. The molecule has 0 aliphatic carbocycles. The molecule has 3 atom stereocenters. The van der Waals surface area contributed by atoms with Crippen molar-refractivity contribution in [2.75, 3.05) is 24.6 Å². The lowest BCUT2D eigenvalue weighted by Gasteiger charge is -2.52. The van der Waals surface area contributed by atoms with Crippen molar-refractivity contribution in [2.45, 2.75) is 52.6 Å². The van der Waals surface area contributed by atoms with Gasteiger partial charge in [0.15, 0.2) is 4.34 Å². The number of aliphatic carboxylic acids is 1. The van der Waals surface area contributed by atoms with Gasteiger partial charge >= 0.3 is 12.1 Å². The van der Waals surface area contributed by atoms with E-state index in [0.717, 1.165) is 5.69 Å². The Kier molecular flexibility index (Phi) is 7.72. The maximum Gasteiger partial charge on any atom is 0.407 e. The molecule has 0 aromatic carbocycles. The van der Waals surface area contributed by atoms with Gasteiger partial charge in [0, 0.05) is 35.7 Å². The number of thioether (sulfide) groups is 3. The second-order valence-electron chi connectivity index (χ2n) is 8.18. The third kappa shape index (κ3) is 6.01. The molecule has 1 aromatic rings. The maximum absolute atomic E-state index is 12.1. The number of carboxylic acid groups (broad SMARTS) is 1. The molecule has 2 fully saturated rings. The van der Waals surface area contributed by atoms with E-state index in [1.54, 1.807) is 16.7 Å². The summed E-state index contributed by atoms with van der Waals surface area (Å²) in [7, 11) is 0. The number of nitrogens with zero attached hydrogens (tertiary/aromatic N) is 2. The Hall–Kier alpha value is -1.15. The number of aromatic nitrogens is 1. The number of hydrogen-bond acceptors (Lipinski definition) is 10. The monoisotopic (exact) mass is 506 g/mol. The first-order chi connectivity index (χ1) is 14.5. The van der Waals surface area contributed by atoms with Gasteiger partial charge < -0.3 is 25.8 Å². The fraction of sp³-hybridized carbons (Fsp3) is 0.667. The number of amides is 2. The molecule has 2 aliphatic heterocycles. The van der Waals surface area contributed by atoms with Crippen molar-refractivity contribution in [1.29, 1.82) is 0 Å². The molecule has 13 heteroatoms. The Morgan fingerprint density at radius 3 is 2.90 bits per heavy atom. The Morgan fingerprint density at radius 1 is 1.48 bits per heavy atom. The molecule has 1 unspecified atom stereocenters. The number of carbonyl (C=O) groups is 3. The second kappa shape index (κ2) is 9.77. The fourth-order valence-corrected chi connectivity index (χ4v) is 7.75. The predicted molar refractivity (Wildman–Crippen MR) is 125 cm³/mol. The largest absolute Gasteiger partial charge is 0.480 e. The number of alkyl carbamates (subject to hydrolysis) is 1. The van der Waals surface area contributed by atoms with E-state index < -0.39 is 28.5 Å². The van der Waals surface area contributed by atoms with Crippen molar-refractivity contribution in [1.82, 2.24) is 15.2 Å². The van der Waals surface area contributed by atoms with Crippen LogP contribution in [0.15, 0.2) is 9.72 Å². The van der Waals surface area contributed by atoms with Crippen LogP contribution in [-0.4, -0.2) is 79.3 Å². The van der Waals surface area contributed by atoms with Crippen molar-refractivity contribution < 1.29 is 24.2 Å². The van der Waals surface area contributed by atoms with Crippen LogP contribution in [0.2, 0.25) is 0 Å². The zero-order valence-electron chi connectivity index (χ0n) is 17.5. The fourth-order valence-electron chi connectivity index (χ4n) is 2.97. The van der Waals surface area contributed by atoms with Gasteiger partial charge in [0.05, 0.1) is 5.69 Å². The van der Waals surface area contributed by atoms with Crippen LogP contribution in [-0.2, 0) is 20.1 Å². The number of carboxylic acids is 1. The molecule has 0 spiro atoms. The van der Waals surface area contributed by atoms with E-state index in [4.69, 9.17) is 10.5 Å². The van der Waals surface area contributed by atoms with E-state index in [9.17, 15) is 19.5 Å². The quantitative estimate of drug-likeness (QED) is 0.355. The van der Waals surface area contributed by atoms with Gasteiger partial charge in [-0.1, -0.05) is 11.8 Å².